The number of nitrogens with zero attached hydrogens (tertiary/aromatic N) is 2. The summed E-state index contributed by atoms with van der Waals surface area (Å²) in [4.78, 5) is 6.65. The minimum absolute atomic E-state index is 0. The highest BCUT2D eigenvalue weighted by Gasteiger charge is 2.24. The fraction of sp³-hybridized carbons (Fsp3) is 0.312. The van der Waals surface area contributed by atoms with E-state index < -0.39 is 0 Å². The standard InChI is InChI=1S/C16H18BrN3O.ClH/c17-15-4-3-14(21)8-13(15)11-20-7-6-19-10-16(20)12-2-1-5-18-9-12;/h1-5,8-9,16,19,21H,6-7,10-11H2;1H. The third kappa shape index (κ3) is 3.98. The molecule has 1 aromatic heterocycles. The van der Waals surface area contributed by atoms with E-state index in [1.807, 2.05) is 24.4 Å². The zero-order valence-electron chi connectivity index (χ0n) is 12.1. The predicted molar refractivity (Wildman–Crippen MR) is 93.3 cm³/mol. The van der Waals surface area contributed by atoms with E-state index >= 15 is 0 Å². The summed E-state index contributed by atoms with van der Waals surface area (Å²) in [6.07, 6.45) is 3.73. The van der Waals surface area contributed by atoms with Crippen LogP contribution in [0.1, 0.15) is 17.2 Å². The lowest BCUT2D eigenvalue weighted by Crippen LogP contribution is -2.45. The van der Waals surface area contributed by atoms with Crippen LogP contribution in [0.5, 0.6) is 5.75 Å². The van der Waals surface area contributed by atoms with Crippen molar-refractivity contribution in [3.63, 3.8) is 0 Å². The number of benzene rings is 1. The molecule has 2 N–H and O–H groups in total. The number of aromatic nitrogens is 1. The van der Waals surface area contributed by atoms with E-state index in [0.29, 0.717) is 11.8 Å². The summed E-state index contributed by atoms with van der Waals surface area (Å²) >= 11 is 3.57. The van der Waals surface area contributed by atoms with Gasteiger partial charge in [-0.25, -0.2) is 0 Å². The SMILES string of the molecule is Cl.Oc1ccc(Br)c(CN2CCNCC2c2cccnc2)c1. The molecule has 1 fully saturated rings. The molecule has 2 heterocycles. The molecule has 1 saturated heterocycles. The van der Waals surface area contributed by atoms with Crippen molar-refractivity contribution in [3.8, 4) is 5.75 Å². The molecule has 6 heteroatoms. The Hall–Kier alpha value is -1.14. The highest BCUT2D eigenvalue weighted by molar-refractivity contribution is 9.10. The van der Waals surface area contributed by atoms with E-state index in [9.17, 15) is 5.11 Å². The third-order valence-corrected chi connectivity index (χ3v) is 4.60. The zero-order chi connectivity index (χ0) is 14.7. The summed E-state index contributed by atoms with van der Waals surface area (Å²) in [6.45, 7) is 3.67. The zero-order valence-corrected chi connectivity index (χ0v) is 14.5. The van der Waals surface area contributed by atoms with Crippen LogP contribution >= 0.6 is 28.3 Å². The molecule has 0 radical (unpaired) electrons. The van der Waals surface area contributed by atoms with Crippen molar-refractivity contribution in [1.82, 2.24) is 15.2 Å². The van der Waals surface area contributed by atoms with Gasteiger partial charge in [0.1, 0.15) is 5.75 Å². The van der Waals surface area contributed by atoms with Gasteiger partial charge in [-0.05, 0) is 35.4 Å². The van der Waals surface area contributed by atoms with Crippen LogP contribution in [0, 0.1) is 0 Å². The molecule has 1 unspecified atom stereocenters. The van der Waals surface area contributed by atoms with Gasteiger partial charge in [-0.3, -0.25) is 9.88 Å². The first kappa shape index (κ1) is 17.2. The Kier molecular flexibility index (Phi) is 6.20. The van der Waals surface area contributed by atoms with Crippen LogP contribution in [0.25, 0.3) is 0 Å². The second-order valence-corrected chi connectivity index (χ2v) is 6.11. The van der Waals surface area contributed by atoms with Gasteiger partial charge in [0.25, 0.3) is 0 Å². The number of piperazine rings is 1. The molecule has 0 amide bonds. The van der Waals surface area contributed by atoms with Crippen LogP contribution < -0.4 is 5.32 Å². The fourth-order valence-corrected chi connectivity index (χ4v) is 3.11. The molecule has 2 aromatic rings. The number of aromatic hydroxyl groups is 1. The van der Waals surface area contributed by atoms with Gasteiger partial charge in [-0.1, -0.05) is 22.0 Å². The monoisotopic (exact) mass is 383 g/mol. The molecular formula is C16H19BrClN3O. The van der Waals surface area contributed by atoms with Crippen LogP contribution in [0.2, 0.25) is 0 Å². The normalized spacial score (nSPS) is 18.7. The van der Waals surface area contributed by atoms with Crippen molar-refractivity contribution in [2.75, 3.05) is 19.6 Å². The smallest absolute Gasteiger partial charge is 0.115 e. The lowest BCUT2D eigenvalue weighted by atomic mass is 10.0. The first-order valence-electron chi connectivity index (χ1n) is 7.06. The van der Waals surface area contributed by atoms with Crippen molar-refractivity contribution in [1.29, 1.82) is 0 Å². The fourth-order valence-electron chi connectivity index (χ4n) is 2.74. The Morgan fingerprint density at radius 3 is 3.00 bits per heavy atom. The first-order chi connectivity index (χ1) is 10.2. The first-order valence-corrected chi connectivity index (χ1v) is 7.85. The van der Waals surface area contributed by atoms with E-state index in [2.05, 4.69) is 37.2 Å². The Morgan fingerprint density at radius 1 is 1.36 bits per heavy atom. The van der Waals surface area contributed by atoms with Gasteiger partial charge in [-0.2, -0.15) is 0 Å². The van der Waals surface area contributed by atoms with Gasteiger partial charge in [0.2, 0.25) is 0 Å². The van der Waals surface area contributed by atoms with Crippen LogP contribution in [0.15, 0.2) is 47.2 Å². The van der Waals surface area contributed by atoms with Gasteiger partial charge < -0.3 is 10.4 Å². The minimum Gasteiger partial charge on any atom is -0.508 e. The molecule has 1 aliphatic rings. The Morgan fingerprint density at radius 2 is 2.23 bits per heavy atom. The summed E-state index contributed by atoms with van der Waals surface area (Å²) in [5, 5.41) is 13.1. The van der Waals surface area contributed by atoms with Crippen LogP contribution in [-0.2, 0) is 6.54 Å². The Labute approximate surface area is 145 Å². The molecule has 4 nitrogen and oxygen atoms in total. The largest absolute Gasteiger partial charge is 0.508 e. The molecule has 118 valence electrons. The van der Waals surface area contributed by atoms with Crippen molar-refractivity contribution in [2.24, 2.45) is 0 Å². The van der Waals surface area contributed by atoms with Gasteiger partial charge >= 0.3 is 0 Å². The maximum Gasteiger partial charge on any atom is 0.115 e. The van der Waals surface area contributed by atoms with E-state index in [4.69, 9.17) is 0 Å². The van der Waals surface area contributed by atoms with Crippen molar-refractivity contribution < 1.29 is 5.11 Å². The summed E-state index contributed by atoms with van der Waals surface area (Å²) < 4.78 is 1.03. The van der Waals surface area contributed by atoms with E-state index in [1.165, 1.54) is 5.56 Å². The highest BCUT2D eigenvalue weighted by atomic mass is 79.9. The van der Waals surface area contributed by atoms with Gasteiger partial charge in [0, 0.05) is 49.1 Å². The number of hydrogen-bond donors (Lipinski definition) is 2. The summed E-state index contributed by atoms with van der Waals surface area (Å²) in [6, 6.07) is 9.82. The summed E-state index contributed by atoms with van der Waals surface area (Å²) in [5.74, 6) is 0.307. The average Bonchev–Trinajstić information content (AvgIpc) is 2.52. The number of phenols is 1. The molecule has 0 aliphatic carbocycles. The van der Waals surface area contributed by atoms with Gasteiger partial charge in [0.05, 0.1) is 0 Å². The van der Waals surface area contributed by atoms with Crippen LogP contribution in [-0.4, -0.2) is 34.6 Å². The summed E-state index contributed by atoms with van der Waals surface area (Å²) in [7, 11) is 0. The molecule has 1 atom stereocenters. The number of rotatable bonds is 3. The van der Waals surface area contributed by atoms with Crippen molar-refractivity contribution in [3.05, 3.63) is 58.3 Å². The number of nitrogens with one attached hydrogen (secondary N) is 1. The molecule has 0 bridgehead atoms. The highest BCUT2D eigenvalue weighted by Crippen LogP contribution is 2.28. The second kappa shape index (κ2) is 7.92. The van der Waals surface area contributed by atoms with Crippen LogP contribution in [0.4, 0.5) is 0 Å². The summed E-state index contributed by atoms with van der Waals surface area (Å²) in [5.41, 5.74) is 2.33. The van der Waals surface area contributed by atoms with Gasteiger partial charge in [-0.15, -0.1) is 12.4 Å². The maximum atomic E-state index is 9.69. The molecule has 1 aliphatic heterocycles. The lowest BCUT2D eigenvalue weighted by molar-refractivity contribution is 0.153. The molecule has 3 rings (SSSR count). The van der Waals surface area contributed by atoms with Crippen molar-refractivity contribution in [2.45, 2.75) is 12.6 Å². The minimum atomic E-state index is 0. The number of hydrogen-bond acceptors (Lipinski definition) is 4. The Bertz CT molecular complexity index is 612. The molecular weight excluding hydrogens is 366 g/mol. The molecule has 1 aromatic carbocycles. The molecule has 22 heavy (non-hydrogen) atoms. The van der Waals surface area contributed by atoms with Crippen molar-refractivity contribution >= 4 is 28.3 Å². The van der Waals surface area contributed by atoms with E-state index in [0.717, 1.165) is 36.2 Å². The Balaban J connectivity index is 0.00000176. The van der Waals surface area contributed by atoms with Gasteiger partial charge in [0.15, 0.2) is 0 Å². The third-order valence-electron chi connectivity index (χ3n) is 3.83. The average molecular weight is 385 g/mol. The molecule has 0 saturated carbocycles. The quantitative estimate of drug-likeness (QED) is 0.853. The van der Waals surface area contributed by atoms with Crippen LogP contribution in [0.3, 0.4) is 0 Å². The number of phenolic OH excluding ortho intramolecular Hbond substituents is 1. The van der Waals surface area contributed by atoms with E-state index in [-0.39, 0.29) is 12.4 Å². The number of pyridine rings is 1. The van der Waals surface area contributed by atoms with E-state index in [1.54, 1.807) is 12.3 Å². The molecule has 0 spiro atoms. The second-order valence-electron chi connectivity index (χ2n) is 5.25. The number of halogens is 2. The topological polar surface area (TPSA) is 48.4 Å². The maximum absolute atomic E-state index is 9.69. The lowest BCUT2D eigenvalue weighted by Gasteiger charge is -2.36. The predicted octanol–water partition coefficient (Wildman–Crippen LogP) is 3.12.